The van der Waals surface area contributed by atoms with E-state index >= 15 is 0 Å². The Labute approximate surface area is 177 Å². The average Bonchev–Trinajstić information content (AvgIpc) is 3.16. The van der Waals surface area contributed by atoms with Crippen molar-refractivity contribution in [2.75, 3.05) is 17.7 Å². The molecule has 10 heteroatoms. The number of carbonyl (C=O) groups excluding carboxylic acids is 2. The standard InChI is InChI=1S/C18H13BrClN3O4S/c19-13-3-1-2-4-14(13)21-15(24)9-26-16(25)10-28-18-23-22-17(27-18)11-5-7-12(20)8-6-11/h1-8H,9-10H2,(H,21,24). The molecule has 3 rings (SSSR count). The minimum atomic E-state index is -0.571. The summed E-state index contributed by atoms with van der Waals surface area (Å²) in [6.45, 7) is -0.388. The van der Waals surface area contributed by atoms with Crippen LogP contribution in [0, 0.1) is 0 Å². The van der Waals surface area contributed by atoms with Gasteiger partial charge in [-0.15, -0.1) is 10.2 Å². The molecule has 1 heterocycles. The van der Waals surface area contributed by atoms with E-state index in [2.05, 4.69) is 31.4 Å². The van der Waals surface area contributed by atoms with Crippen LogP contribution in [0.15, 0.2) is 62.6 Å². The molecule has 0 spiro atoms. The van der Waals surface area contributed by atoms with Crippen LogP contribution in [0.5, 0.6) is 0 Å². The smallest absolute Gasteiger partial charge is 0.316 e. The maximum absolute atomic E-state index is 11.9. The van der Waals surface area contributed by atoms with E-state index in [0.29, 0.717) is 16.6 Å². The van der Waals surface area contributed by atoms with Gasteiger partial charge in [-0.1, -0.05) is 35.5 Å². The number of amides is 1. The Morgan fingerprint density at radius 2 is 1.89 bits per heavy atom. The zero-order valence-corrected chi connectivity index (χ0v) is 17.4. The number of benzene rings is 2. The molecular weight excluding hydrogens is 470 g/mol. The summed E-state index contributed by atoms with van der Waals surface area (Å²) in [7, 11) is 0. The maximum Gasteiger partial charge on any atom is 0.316 e. The summed E-state index contributed by atoms with van der Waals surface area (Å²) in [6, 6.07) is 14.1. The normalized spacial score (nSPS) is 10.5. The molecule has 3 aromatic rings. The first kappa shape index (κ1) is 20.4. The summed E-state index contributed by atoms with van der Waals surface area (Å²) in [5, 5.41) is 11.3. The van der Waals surface area contributed by atoms with Gasteiger partial charge in [0, 0.05) is 15.1 Å². The summed E-state index contributed by atoms with van der Waals surface area (Å²) in [6.07, 6.45) is 0. The fourth-order valence-electron chi connectivity index (χ4n) is 2.03. The first-order valence-electron chi connectivity index (χ1n) is 7.93. The topological polar surface area (TPSA) is 94.3 Å². The Balaban J connectivity index is 1.44. The highest BCUT2D eigenvalue weighted by molar-refractivity contribution is 9.10. The second kappa shape index (κ2) is 9.72. The molecule has 28 heavy (non-hydrogen) atoms. The van der Waals surface area contributed by atoms with Gasteiger partial charge in [0.25, 0.3) is 11.1 Å². The van der Waals surface area contributed by atoms with Crippen LogP contribution in [0.25, 0.3) is 11.5 Å². The number of rotatable bonds is 7. The van der Waals surface area contributed by atoms with Crippen molar-refractivity contribution in [2.45, 2.75) is 5.22 Å². The molecule has 0 aliphatic carbocycles. The van der Waals surface area contributed by atoms with Crippen molar-refractivity contribution in [3.63, 3.8) is 0 Å². The van der Waals surface area contributed by atoms with Crippen molar-refractivity contribution in [1.29, 1.82) is 0 Å². The number of thioether (sulfide) groups is 1. The summed E-state index contributed by atoms with van der Waals surface area (Å²) in [4.78, 5) is 23.7. The van der Waals surface area contributed by atoms with E-state index in [0.717, 1.165) is 21.8 Å². The maximum atomic E-state index is 11.9. The van der Waals surface area contributed by atoms with Crippen LogP contribution in [0.4, 0.5) is 5.69 Å². The molecule has 0 bridgehead atoms. The molecule has 0 fully saturated rings. The number of halogens is 2. The van der Waals surface area contributed by atoms with E-state index in [1.165, 1.54) is 0 Å². The van der Waals surface area contributed by atoms with Gasteiger partial charge in [0.05, 0.1) is 5.69 Å². The summed E-state index contributed by atoms with van der Waals surface area (Å²) >= 11 is 10.2. The van der Waals surface area contributed by atoms with Crippen LogP contribution in [-0.4, -0.2) is 34.4 Å². The number of carbonyl (C=O) groups is 2. The molecule has 1 amide bonds. The fourth-order valence-corrected chi connectivity index (χ4v) is 3.11. The number of nitrogens with zero attached hydrogens (tertiary/aromatic N) is 2. The second-order valence-corrected chi connectivity index (χ2v) is 7.57. The Hall–Kier alpha value is -2.36. The average molecular weight is 483 g/mol. The van der Waals surface area contributed by atoms with Gasteiger partial charge >= 0.3 is 5.97 Å². The second-order valence-electron chi connectivity index (χ2n) is 5.36. The molecule has 144 valence electrons. The van der Waals surface area contributed by atoms with Gasteiger partial charge in [-0.05, 0) is 52.3 Å². The highest BCUT2D eigenvalue weighted by atomic mass is 79.9. The lowest BCUT2D eigenvalue weighted by Gasteiger charge is -2.07. The molecule has 2 aromatic carbocycles. The zero-order chi connectivity index (χ0) is 19.9. The zero-order valence-electron chi connectivity index (χ0n) is 14.2. The SMILES string of the molecule is O=C(COC(=O)CSc1nnc(-c2ccc(Cl)cc2)o1)Nc1ccccc1Br. The van der Waals surface area contributed by atoms with Crippen LogP contribution in [-0.2, 0) is 14.3 Å². The number of para-hydroxylation sites is 1. The van der Waals surface area contributed by atoms with Crippen LogP contribution in [0.1, 0.15) is 0 Å². The molecule has 0 aliphatic rings. The monoisotopic (exact) mass is 481 g/mol. The largest absolute Gasteiger partial charge is 0.455 e. The Kier molecular flexibility index (Phi) is 7.07. The number of ether oxygens (including phenoxy) is 1. The lowest BCUT2D eigenvalue weighted by molar-refractivity contribution is -0.144. The lowest BCUT2D eigenvalue weighted by atomic mass is 10.2. The Morgan fingerprint density at radius 3 is 2.64 bits per heavy atom. The van der Waals surface area contributed by atoms with Crippen molar-refractivity contribution < 1.29 is 18.7 Å². The van der Waals surface area contributed by atoms with Gasteiger partial charge in [-0.3, -0.25) is 9.59 Å². The molecule has 1 N–H and O–H groups in total. The number of hydrogen-bond donors (Lipinski definition) is 1. The van der Waals surface area contributed by atoms with E-state index in [9.17, 15) is 9.59 Å². The van der Waals surface area contributed by atoms with Gasteiger partial charge in [-0.25, -0.2) is 0 Å². The summed E-state index contributed by atoms with van der Waals surface area (Å²) in [5.74, 6) is -0.753. The van der Waals surface area contributed by atoms with Crippen LogP contribution in [0.3, 0.4) is 0 Å². The van der Waals surface area contributed by atoms with Crippen molar-refractivity contribution in [2.24, 2.45) is 0 Å². The molecule has 0 atom stereocenters. The third kappa shape index (κ3) is 5.82. The molecule has 0 saturated carbocycles. The molecule has 0 radical (unpaired) electrons. The van der Waals surface area contributed by atoms with Crippen LogP contribution in [0.2, 0.25) is 5.02 Å². The number of aromatic nitrogens is 2. The summed E-state index contributed by atoms with van der Waals surface area (Å²) < 4.78 is 11.2. The Morgan fingerprint density at radius 1 is 1.14 bits per heavy atom. The quantitative estimate of drug-likeness (QED) is 0.393. The van der Waals surface area contributed by atoms with Crippen LogP contribution < -0.4 is 5.32 Å². The fraction of sp³-hybridized carbons (Fsp3) is 0.111. The lowest BCUT2D eigenvalue weighted by Crippen LogP contribution is -2.21. The van der Waals surface area contributed by atoms with Gasteiger partial charge in [0.1, 0.15) is 5.75 Å². The van der Waals surface area contributed by atoms with Crippen molar-refractivity contribution in [3.8, 4) is 11.5 Å². The number of anilines is 1. The molecule has 0 unspecified atom stereocenters. The van der Waals surface area contributed by atoms with Crippen molar-refractivity contribution >= 4 is 56.9 Å². The number of esters is 1. The molecule has 0 aliphatic heterocycles. The molecular formula is C18H13BrClN3O4S. The first-order chi connectivity index (χ1) is 13.5. The highest BCUT2D eigenvalue weighted by Crippen LogP contribution is 2.24. The van der Waals surface area contributed by atoms with E-state index in [4.69, 9.17) is 20.8 Å². The third-order valence-corrected chi connectivity index (χ3v) is 5.06. The van der Waals surface area contributed by atoms with Gasteiger partial charge in [0.15, 0.2) is 6.61 Å². The van der Waals surface area contributed by atoms with E-state index in [1.807, 2.05) is 6.07 Å². The van der Waals surface area contributed by atoms with E-state index in [-0.39, 0.29) is 17.6 Å². The van der Waals surface area contributed by atoms with Gasteiger partial charge < -0.3 is 14.5 Å². The van der Waals surface area contributed by atoms with Gasteiger partial charge in [0.2, 0.25) is 5.89 Å². The van der Waals surface area contributed by atoms with Crippen molar-refractivity contribution in [1.82, 2.24) is 10.2 Å². The highest BCUT2D eigenvalue weighted by Gasteiger charge is 2.13. The summed E-state index contributed by atoms with van der Waals surface area (Å²) in [5.41, 5.74) is 1.31. The van der Waals surface area contributed by atoms with E-state index < -0.39 is 11.9 Å². The predicted molar refractivity (Wildman–Crippen MR) is 109 cm³/mol. The van der Waals surface area contributed by atoms with E-state index in [1.54, 1.807) is 42.5 Å². The Bertz CT molecular complexity index is 981. The number of hydrogen-bond acceptors (Lipinski definition) is 7. The predicted octanol–water partition coefficient (Wildman–Crippen LogP) is 4.43. The first-order valence-corrected chi connectivity index (χ1v) is 10.1. The third-order valence-electron chi connectivity index (χ3n) is 3.32. The van der Waals surface area contributed by atoms with Crippen molar-refractivity contribution in [3.05, 3.63) is 58.0 Å². The van der Waals surface area contributed by atoms with Gasteiger partial charge in [-0.2, -0.15) is 0 Å². The van der Waals surface area contributed by atoms with Crippen LogP contribution >= 0.6 is 39.3 Å². The molecule has 1 aromatic heterocycles. The number of nitrogens with one attached hydrogen (secondary N) is 1. The minimum absolute atomic E-state index is 0.0649. The minimum Gasteiger partial charge on any atom is -0.455 e. The molecule has 0 saturated heterocycles. The molecule has 7 nitrogen and oxygen atoms in total.